The van der Waals surface area contributed by atoms with Crippen molar-refractivity contribution in [3.8, 4) is 0 Å². The maximum Gasteiger partial charge on any atom is 0.220 e. The smallest absolute Gasteiger partial charge is 0.220 e. The largest absolute Gasteiger partial charge is 0.353 e. The van der Waals surface area contributed by atoms with Crippen LogP contribution in [0.1, 0.15) is 58.4 Å². The van der Waals surface area contributed by atoms with Gasteiger partial charge in [0.1, 0.15) is 0 Å². The SMILES string of the molecule is CC(C)(C)C1CCC(NC(=O)CCc2ccccc2Cl)CC1. The summed E-state index contributed by atoms with van der Waals surface area (Å²) in [6, 6.07) is 8.11. The summed E-state index contributed by atoms with van der Waals surface area (Å²) in [6.07, 6.45) is 5.89. The van der Waals surface area contributed by atoms with Crippen molar-refractivity contribution >= 4 is 17.5 Å². The predicted octanol–water partition coefficient (Wildman–Crippen LogP) is 4.99. The van der Waals surface area contributed by atoms with Crippen LogP contribution < -0.4 is 5.32 Å². The molecule has 2 rings (SSSR count). The Labute approximate surface area is 139 Å². The van der Waals surface area contributed by atoms with E-state index in [0.29, 0.717) is 24.3 Å². The van der Waals surface area contributed by atoms with Gasteiger partial charge in [0.05, 0.1) is 0 Å². The minimum Gasteiger partial charge on any atom is -0.353 e. The number of nitrogens with one attached hydrogen (secondary N) is 1. The number of hydrogen-bond acceptors (Lipinski definition) is 1. The number of halogens is 1. The Morgan fingerprint density at radius 2 is 1.82 bits per heavy atom. The van der Waals surface area contributed by atoms with Crippen molar-refractivity contribution in [2.75, 3.05) is 0 Å². The minimum absolute atomic E-state index is 0.152. The van der Waals surface area contributed by atoms with Crippen molar-refractivity contribution in [3.63, 3.8) is 0 Å². The summed E-state index contributed by atoms with van der Waals surface area (Å²) < 4.78 is 0. The van der Waals surface area contributed by atoms with Crippen LogP contribution in [0.25, 0.3) is 0 Å². The third kappa shape index (κ3) is 5.01. The Morgan fingerprint density at radius 1 is 1.18 bits per heavy atom. The highest BCUT2D eigenvalue weighted by molar-refractivity contribution is 6.31. The number of amides is 1. The van der Waals surface area contributed by atoms with Crippen LogP contribution in [0.15, 0.2) is 24.3 Å². The van der Waals surface area contributed by atoms with Crippen LogP contribution in [-0.4, -0.2) is 11.9 Å². The second kappa shape index (κ2) is 7.50. The number of carbonyl (C=O) groups excluding carboxylic acids is 1. The maximum atomic E-state index is 12.1. The molecule has 1 fully saturated rings. The molecule has 1 N–H and O–H groups in total. The van der Waals surface area contributed by atoms with Gasteiger partial charge in [0.2, 0.25) is 5.91 Å². The van der Waals surface area contributed by atoms with E-state index < -0.39 is 0 Å². The Morgan fingerprint density at radius 3 is 2.41 bits per heavy atom. The lowest BCUT2D eigenvalue weighted by Gasteiger charge is -2.37. The molecule has 0 spiro atoms. The van der Waals surface area contributed by atoms with Crippen molar-refractivity contribution in [3.05, 3.63) is 34.9 Å². The van der Waals surface area contributed by atoms with Crippen LogP contribution in [0.2, 0.25) is 5.02 Å². The molecule has 0 heterocycles. The Bertz CT molecular complexity index is 498. The topological polar surface area (TPSA) is 29.1 Å². The number of aryl methyl sites for hydroxylation is 1. The van der Waals surface area contributed by atoms with Gasteiger partial charge in [-0.1, -0.05) is 50.6 Å². The monoisotopic (exact) mass is 321 g/mol. The summed E-state index contributed by atoms with van der Waals surface area (Å²) in [5.74, 6) is 0.933. The van der Waals surface area contributed by atoms with Crippen LogP contribution in [0, 0.1) is 11.3 Å². The van der Waals surface area contributed by atoms with Gasteiger partial charge in [-0.05, 0) is 55.1 Å². The summed E-state index contributed by atoms with van der Waals surface area (Å²) in [5.41, 5.74) is 1.44. The van der Waals surface area contributed by atoms with Gasteiger partial charge in [0, 0.05) is 17.5 Å². The van der Waals surface area contributed by atoms with Gasteiger partial charge in [-0.2, -0.15) is 0 Å². The molecule has 0 radical (unpaired) electrons. The fourth-order valence-electron chi connectivity index (χ4n) is 3.35. The lowest BCUT2D eigenvalue weighted by Crippen LogP contribution is -2.39. The van der Waals surface area contributed by atoms with Gasteiger partial charge in [-0.3, -0.25) is 4.79 Å². The van der Waals surface area contributed by atoms with E-state index in [0.717, 1.165) is 29.3 Å². The number of benzene rings is 1. The quantitative estimate of drug-likeness (QED) is 0.831. The van der Waals surface area contributed by atoms with Crippen LogP contribution in [0.3, 0.4) is 0 Å². The van der Waals surface area contributed by atoms with E-state index in [9.17, 15) is 4.79 Å². The van der Waals surface area contributed by atoms with Crippen molar-refractivity contribution in [2.45, 2.75) is 65.3 Å². The Hall–Kier alpha value is -1.02. The normalized spacial score (nSPS) is 22.4. The molecule has 0 bridgehead atoms. The average molecular weight is 322 g/mol. The second-order valence-electron chi connectivity index (χ2n) is 7.57. The van der Waals surface area contributed by atoms with E-state index in [-0.39, 0.29) is 5.91 Å². The number of carbonyl (C=O) groups is 1. The molecule has 22 heavy (non-hydrogen) atoms. The van der Waals surface area contributed by atoms with Crippen molar-refractivity contribution in [1.29, 1.82) is 0 Å². The first kappa shape index (κ1) is 17.3. The number of rotatable bonds is 4. The van der Waals surface area contributed by atoms with E-state index in [1.807, 2.05) is 24.3 Å². The molecule has 0 atom stereocenters. The zero-order valence-electron chi connectivity index (χ0n) is 14.0. The molecule has 0 aromatic heterocycles. The fraction of sp³-hybridized carbons (Fsp3) is 0.632. The summed E-state index contributed by atoms with van der Waals surface area (Å²) in [4.78, 5) is 12.1. The first-order valence-corrected chi connectivity index (χ1v) is 8.77. The molecule has 1 aliphatic carbocycles. The number of hydrogen-bond donors (Lipinski definition) is 1. The average Bonchev–Trinajstić information content (AvgIpc) is 2.46. The van der Waals surface area contributed by atoms with E-state index >= 15 is 0 Å². The summed E-state index contributed by atoms with van der Waals surface area (Å²) in [7, 11) is 0. The third-order valence-electron chi connectivity index (χ3n) is 4.90. The third-order valence-corrected chi connectivity index (χ3v) is 5.27. The molecule has 0 unspecified atom stereocenters. The van der Waals surface area contributed by atoms with Gasteiger partial charge in [-0.15, -0.1) is 0 Å². The van der Waals surface area contributed by atoms with Crippen molar-refractivity contribution < 1.29 is 4.79 Å². The highest BCUT2D eigenvalue weighted by Gasteiger charge is 2.30. The van der Waals surface area contributed by atoms with E-state index in [4.69, 9.17) is 11.6 Å². The zero-order valence-corrected chi connectivity index (χ0v) is 14.7. The molecule has 0 saturated heterocycles. The molecule has 2 nitrogen and oxygen atoms in total. The van der Waals surface area contributed by atoms with E-state index in [1.165, 1.54) is 12.8 Å². The van der Waals surface area contributed by atoms with Crippen molar-refractivity contribution in [2.24, 2.45) is 11.3 Å². The molecule has 1 saturated carbocycles. The van der Waals surface area contributed by atoms with Gasteiger partial charge in [-0.25, -0.2) is 0 Å². The molecule has 1 aliphatic rings. The predicted molar refractivity (Wildman–Crippen MR) is 93.1 cm³/mol. The molecule has 1 aromatic rings. The molecule has 0 aliphatic heterocycles. The summed E-state index contributed by atoms with van der Waals surface area (Å²) >= 11 is 6.13. The Balaban J connectivity index is 1.74. The standard InChI is InChI=1S/C19H28ClNO/c1-19(2,3)15-9-11-16(12-10-15)21-18(22)13-8-14-6-4-5-7-17(14)20/h4-7,15-16H,8-13H2,1-3H3,(H,21,22). The van der Waals surface area contributed by atoms with Crippen molar-refractivity contribution in [1.82, 2.24) is 5.32 Å². The van der Waals surface area contributed by atoms with Crippen LogP contribution in [0.5, 0.6) is 0 Å². The second-order valence-corrected chi connectivity index (χ2v) is 7.98. The maximum absolute atomic E-state index is 12.1. The zero-order chi connectivity index (χ0) is 16.2. The lowest BCUT2D eigenvalue weighted by atomic mass is 9.71. The molecular weight excluding hydrogens is 294 g/mol. The van der Waals surface area contributed by atoms with Gasteiger partial charge >= 0.3 is 0 Å². The minimum atomic E-state index is 0.152. The van der Waals surface area contributed by atoms with E-state index in [1.54, 1.807) is 0 Å². The van der Waals surface area contributed by atoms with Gasteiger partial charge in [0.25, 0.3) is 0 Å². The first-order valence-electron chi connectivity index (χ1n) is 8.39. The Kier molecular flexibility index (Phi) is 5.91. The molecule has 1 amide bonds. The first-order chi connectivity index (χ1) is 10.4. The van der Waals surface area contributed by atoms with Crippen LogP contribution in [-0.2, 0) is 11.2 Å². The van der Waals surface area contributed by atoms with Crippen LogP contribution >= 0.6 is 11.6 Å². The molecular formula is C19H28ClNO. The van der Waals surface area contributed by atoms with Crippen LogP contribution in [0.4, 0.5) is 0 Å². The fourth-order valence-corrected chi connectivity index (χ4v) is 3.58. The van der Waals surface area contributed by atoms with Gasteiger partial charge < -0.3 is 5.32 Å². The highest BCUT2D eigenvalue weighted by Crippen LogP contribution is 2.37. The molecule has 1 aromatic carbocycles. The van der Waals surface area contributed by atoms with Gasteiger partial charge in [0.15, 0.2) is 0 Å². The lowest BCUT2D eigenvalue weighted by molar-refractivity contribution is -0.122. The van der Waals surface area contributed by atoms with E-state index in [2.05, 4.69) is 26.1 Å². The molecule has 122 valence electrons. The molecule has 3 heteroatoms. The summed E-state index contributed by atoms with van der Waals surface area (Å²) in [6.45, 7) is 6.96. The highest BCUT2D eigenvalue weighted by atomic mass is 35.5. The summed E-state index contributed by atoms with van der Waals surface area (Å²) in [5, 5.41) is 3.95.